The van der Waals surface area contributed by atoms with Crippen molar-refractivity contribution in [3.8, 4) is 0 Å². The van der Waals surface area contributed by atoms with Gasteiger partial charge in [-0.2, -0.15) is 8.78 Å². The van der Waals surface area contributed by atoms with Crippen molar-refractivity contribution in [2.75, 3.05) is 6.61 Å². The summed E-state index contributed by atoms with van der Waals surface area (Å²) in [5.41, 5.74) is 4.36. The lowest BCUT2D eigenvalue weighted by molar-refractivity contribution is -0.144. The Hall–Kier alpha value is -2.22. The van der Waals surface area contributed by atoms with Crippen LogP contribution in [0, 0.1) is 0 Å². The van der Waals surface area contributed by atoms with E-state index in [1.807, 2.05) is 6.07 Å². The number of ether oxygens (including phenoxy) is 2. The third kappa shape index (κ3) is 4.00. The number of benzene rings is 1. The molecule has 1 aromatic carbocycles. The molecule has 132 valence electrons. The molecule has 0 aliphatic carbocycles. The number of carbonyl (C=O) groups excluding carboxylic acids is 2. The molecular weight excluding hydrogens is 322 g/mol. The van der Waals surface area contributed by atoms with Crippen molar-refractivity contribution in [2.45, 2.75) is 44.6 Å². The maximum absolute atomic E-state index is 13.6. The summed E-state index contributed by atoms with van der Waals surface area (Å²) in [6, 6.07) is 7.95. The zero-order chi connectivity index (χ0) is 18.0. The van der Waals surface area contributed by atoms with Gasteiger partial charge in [-0.1, -0.05) is 30.3 Å². The number of hydrogen-bond acceptors (Lipinski definition) is 4. The van der Waals surface area contributed by atoms with Gasteiger partial charge in [0.1, 0.15) is 12.3 Å². The van der Waals surface area contributed by atoms with Gasteiger partial charge >= 0.3 is 12.0 Å². The molecule has 24 heavy (non-hydrogen) atoms. The largest absolute Gasteiger partial charge is 0.444 e. The Labute approximate surface area is 138 Å². The molecule has 1 aromatic rings. The van der Waals surface area contributed by atoms with Crippen molar-refractivity contribution < 1.29 is 27.8 Å². The van der Waals surface area contributed by atoms with Crippen molar-refractivity contribution in [3.63, 3.8) is 0 Å². The van der Waals surface area contributed by atoms with Crippen molar-refractivity contribution >= 4 is 12.0 Å². The highest BCUT2D eigenvalue weighted by Crippen LogP contribution is 2.34. The molecule has 0 bridgehead atoms. The van der Waals surface area contributed by atoms with Gasteiger partial charge in [0.25, 0.3) is 5.91 Å². The molecule has 8 heteroatoms. The van der Waals surface area contributed by atoms with Crippen LogP contribution in [0.3, 0.4) is 0 Å². The Bertz CT molecular complexity index is 607. The molecule has 0 spiro atoms. The number of alkyl halides is 2. The SMILES string of the molecule is CC1(C)OC[C@H](CC(F)(F)C(N)=O)N1C(=O)OCc1ccccc1. The van der Waals surface area contributed by atoms with E-state index in [1.54, 1.807) is 38.1 Å². The lowest BCUT2D eigenvalue weighted by Gasteiger charge is -2.33. The predicted octanol–water partition coefficient (Wildman–Crippen LogP) is 2.27. The summed E-state index contributed by atoms with van der Waals surface area (Å²) >= 11 is 0. The Morgan fingerprint density at radius 1 is 1.38 bits per heavy atom. The number of nitrogens with zero attached hydrogens (tertiary/aromatic N) is 1. The maximum atomic E-state index is 13.6. The fourth-order valence-corrected chi connectivity index (χ4v) is 2.59. The molecule has 6 nitrogen and oxygen atoms in total. The summed E-state index contributed by atoms with van der Waals surface area (Å²) < 4.78 is 37.9. The Kier molecular flexibility index (Phi) is 5.08. The molecule has 1 heterocycles. The van der Waals surface area contributed by atoms with E-state index in [2.05, 4.69) is 0 Å². The van der Waals surface area contributed by atoms with Crippen molar-refractivity contribution in [1.29, 1.82) is 0 Å². The quantitative estimate of drug-likeness (QED) is 0.890. The van der Waals surface area contributed by atoms with Crippen LogP contribution in [0.4, 0.5) is 13.6 Å². The van der Waals surface area contributed by atoms with Crippen LogP contribution in [0.2, 0.25) is 0 Å². The van der Waals surface area contributed by atoms with E-state index < -0.39 is 36.1 Å². The van der Waals surface area contributed by atoms with E-state index >= 15 is 0 Å². The average Bonchev–Trinajstić information content (AvgIpc) is 2.80. The molecule has 0 unspecified atom stereocenters. The van der Waals surface area contributed by atoms with E-state index in [1.165, 1.54) is 0 Å². The van der Waals surface area contributed by atoms with E-state index in [9.17, 15) is 18.4 Å². The summed E-state index contributed by atoms with van der Waals surface area (Å²) in [5.74, 6) is -5.46. The van der Waals surface area contributed by atoms with Crippen LogP contribution >= 0.6 is 0 Å². The zero-order valence-electron chi connectivity index (χ0n) is 13.5. The Balaban J connectivity index is 2.08. The van der Waals surface area contributed by atoms with E-state index in [0.29, 0.717) is 0 Å². The third-order valence-electron chi connectivity index (χ3n) is 3.83. The van der Waals surface area contributed by atoms with Gasteiger partial charge in [-0.25, -0.2) is 4.79 Å². The van der Waals surface area contributed by atoms with Crippen LogP contribution in [0.5, 0.6) is 0 Å². The number of hydrogen-bond donors (Lipinski definition) is 1. The monoisotopic (exact) mass is 342 g/mol. The van der Waals surface area contributed by atoms with Gasteiger partial charge < -0.3 is 15.2 Å². The van der Waals surface area contributed by atoms with E-state index in [0.717, 1.165) is 10.5 Å². The Morgan fingerprint density at radius 3 is 2.58 bits per heavy atom. The summed E-state index contributed by atoms with van der Waals surface area (Å²) in [6.07, 6.45) is -1.70. The summed E-state index contributed by atoms with van der Waals surface area (Å²) in [4.78, 5) is 24.3. The molecule has 1 fully saturated rings. The second-order valence-corrected chi connectivity index (χ2v) is 6.09. The van der Waals surface area contributed by atoms with Gasteiger partial charge in [-0.05, 0) is 19.4 Å². The standard InChI is InChI=1S/C16H20F2N2O4/c1-15(2)20(12(10-24-15)8-16(17,18)13(19)21)14(22)23-9-11-6-4-3-5-7-11/h3-7,12H,8-10H2,1-2H3,(H2,19,21)/t12-/m0/s1. The highest BCUT2D eigenvalue weighted by atomic mass is 19.3. The highest BCUT2D eigenvalue weighted by Gasteiger charge is 2.50. The van der Waals surface area contributed by atoms with Crippen LogP contribution < -0.4 is 5.73 Å². The van der Waals surface area contributed by atoms with Crippen molar-refractivity contribution in [1.82, 2.24) is 4.90 Å². The van der Waals surface area contributed by atoms with Crippen LogP contribution in [0.25, 0.3) is 0 Å². The predicted molar refractivity (Wildman–Crippen MR) is 81.0 cm³/mol. The lowest BCUT2D eigenvalue weighted by atomic mass is 10.1. The van der Waals surface area contributed by atoms with Crippen LogP contribution in [-0.2, 0) is 20.9 Å². The topological polar surface area (TPSA) is 81.9 Å². The summed E-state index contributed by atoms with van der Waals surface area (Å²) in [5, 5.41) is 0. The molecule has 1 aliphatic heterocycles. The lowest BCUT2D eigenvalue weighted by Crippen LogP contribution is -2.51. The first kappa shape index (κ1) is 18.1. The van der Waals surface area contributed by atoms with Gasteiger partial charge in [-0.3, -0.25) is 9.69 Å². The minimum Gasteiger partial charge on any atom is -0.444 e. The molecule has 0 radical (unpaired) electrons. The Morgan fingerprint density at radius 2 is 2.00 bits per heavy atom. The van der Waals surface area contributed by atoms with Crippen LogP contribution in [0.1, 0.15) is 25.8 Å². The van der Waals surface area contributed by atoms with Gasteiger partial charge in [0.05, 0.1) is 12.6 Å². The van der Waals surface area contributed by atoms with Crippen molar-refractivity contribution in [2.24, 2.45) is 5.73 Å². The average molecular weight is 342 g/mol. The minimum atomic E-state index is -3.73. The number of carbonyl (C=O) groups is 2. The zero-order valence-corrected chi connectivity index (χ0v) is 13.5. The van der Waals surface area contributed by atoms with Crippen molar-refractivity contribution in [3.05, 3.63) is 35.9 Å². The first-order valence-corrected chi connectivity index (χ1v) is 7.45. The van der Waals surface area contributed by atoms with E-state index in [-0.39, 0.29) is 13.2 Å². The number of rotatable bonds is 5. The third-order valence-corrected chi connectivity index (χ3v) is 3.83. The fraction of sp³-hybridized carbons (Fsp3) is 0.500. The normalized spacial score (nSPS) is 20.0. The van der Waals surface area contributed by atoms with Crippen LogP contribution in [0.15, 0.2) is 30.3 Å². The highest BCUT2D eigenvalue weighted by molar-refractivity contribution is 5.81. The molecule has 1 aliphatic rings. The van der Waals surface area contributed by atoms with E-state index in [4.69, 9.17) is 15.2 Å². The first-order valence-electron chi connectivity index (χ1n) is 7.45. The fourth-order valence-electron chi connectivity index (χ4n) is 2.59. The first-order chi connectivity index (χ1) is 11.1. The van der Waals surface area contributed by atoms with Crippen LogP contribution in [-0.4, -0.2) is 41.2 Å². The molecular formula is C16H20F2N2O4. The molecule has 2 N–H and O–H groups in total. The minimum absolute atomic E-state index is 0.00514. The number of amides is 2. The summed E-state index contributed by atoms with van der Waals surface area (Å²) in [6.45, 7) is 3.01. The number of nitrogens with two attached hydrogens (primary N) is 1. The van der Waals surface area contributed by atoms with Gasteiger partial charge in [0.2, 0.25) is 0 Å². The maximum Gasteiger partial charge on any atom is 0.412 e. The van der Waals surface area contributed by atoms with Gasteiger partial charge in [0, 0.05) is 6.42 Å². The van der Waals surface area contributed by atoms with Gasteiger partial charge in [0.15, 0.2) is 0 Å². The molecule has 0 aromatic heterocycles. The molecule has 2 rings (SSSR count). The second kappa shape index (κ2) is 6.72. The number of primary amides is 1. The second-order valence-electron chi connectivity index (χ2n) is 6.09. The number of halogens is 2. The molecule has 2 amide bonds. The summed E-state index contributed by atoms with van der Waals surface area (Å²) in [7, 11) is 0. The molecule has 0 saturated carbocycles. The molecule has 1 atom stereocenters. The van der Waals surface area contributed by atoms with Gasteiger partial charge in [-0.15, -0.1) is 0 Å². The molecule has 1 saturated heterocycles. The smallest absolute Gasteiger partial charge is 0.412 e.